The van der Waals surface area contributed by atoms with E-state index in [-0.39, 0.29) is 32.7 Å². The van der Waals surface area contributed by atoms with E-state index in [9.17, 15) is 0 Å². The van der Waals surface area contributed by atoms with Crippen molar-refractivity contribution in [3.8, 4) is 0 Å². The number of hydrogen-bond acceptors (Lipinski definition) is 22. The van der Waals surface area contributed by atoms with Gasteiger partial charge < -0.3 is 0 Å². The van der Waals surface area contributed by atoms with Gasteiger partial charge in [0.2, 0.25) is 0 Å². The first-order valence-electron chi connectivity index (χ1n) is 36.7. The average molecular weight is 1550 g/mol. The van der Waals surface area contributed by atoms with Crippen molar-refractivity contribution in [3.05, 3.63) is 306 Å². The fourth-order valence-electron chi connectivity index (χ4n) is 4.31. The Kier molecular flexibility index (Phi) is 186. The van der Waals surface area contributed by atoms with Gasteiger partial charge in [-0.3, -0.25) is 30.0 Å². The zero-order chi connectivity index (χ0) is 82.3. The fraction of sp³-hybridized carbons (Fsp3) is 0.366. The maximum absolute atomic E-state index is 3.85. The number of aromatic amines is 2. The smallest absolute Gasteiger partial charge is 0.138 e. The van der Waals surface area contributed by atoms with Crippen LogP contribution in [0.5, 0.6) is 0 Å². The SMILES string of the molecule is C1=CCC=C1.C1=CCN=C1.C1=CN=CC1.CC.CC.CC.CC.CC.CC.CC.CC.CC.CC.CC.CC.CC.[Y].[c-]1ccccc1Cc1[c-]cccc1.c1ccncc1.c1ccnnc1.c1cn[nH]n1.c1cnccn1.c1cncnc1.c1cnncn1.c1cnnnc1.c1nc[nH]n1.c1ncncn1. The molecule has 0 saturated carbocycles. The predicted octanol–water partition coefficient (Wildman–Crippen LogP) is 21.1. The number of nitrogens with one attached hydrogen (secondary N) is 2. The molecule has 107 heavy (non-hydrogen) atoms. The van der Waals surface area contributed by atoms with Crippen LogP contribution >= 0.6 is 0 Å². The van der Waals surface area contributed by atoms with Crippen molar-refractivity contribution in [1.29, 1.82) is 0 Å². The van der Waals surface area contributed by atoms with Crippen LogP contribution in [0.4, 0.5) is 0 Å². The molecule has 1 aliphatic carbocycles. The Morgan fingerprint density at radius 3 is 0.888 bits per heavy atom. The van der Waals surface area contributed by atoms with Crippen LogP contribution in [0.1, 0.15) is 204 Å². The molecule has 0 atom stereocenters. The molecular weight excluding hydrogens is 1410 g/mol. The van der Waals surface area contributed by atoms with Crippen LogP contribution in [0, 0.1) is 12.1 Å². The number of pyridine rings is 1. The van der Waals surface area contributed by atoms with Gasteiger partial charge in [0, 0.05) is 126 Å². The molecule has 0 amide bonds. The van der Waals surface area contributed by atoms with E-state index in [0.717, 1.165) is 25.8 Å². The van der Waals surface area contributed by atoms with Crippen LogP contribution < -0.4 is 0 Å². The second kappa shape index (κ2) is 158. The van der Waals surface area contributed by atoms with Crippen molar-refractivity contribution in [1.82, 2.24) is 111 Å². The van der Waals surface area contributed by atoms with Crippen molar-refractivity contribution >= 4 is 12.4 Å². The van der Waals surface area contributed by atoms with Crippen LogP contribution in [-0.4, -0.2) is 130 Å². The molecule has 0 saturated heterocycles. The van der Waals surface area contributed by atoms with Crippen molar-refractivity contribution in [2.75, 3.05) is 6.54 Å². The maximum Gasteiger partial charge on any atom is 0.138 e. The van der Waals surface area contributed by atoms with E-state index in [1.807, 2.05) is 271 Å². The summed E-state index contributed by atoms with van der Waals surface area (Å²) in [5.74, 6) is 0. The quantitative estimate of drug-likeness (QED) is 0.152. The Morgan fingerprint density at radius 2 is 0.729 bits per heavy atom. The summed E-state index contributed by atoms with van der Waals surface area (Å²) < 4.78 is 0. The second-order valence-corrected chi connectivity index (χ2v) is 13.4. The van der Waals surface area contributed by atoms with Crippen LogP contribution in [0.25, 0.3) is 0 Å². The maximum atomic E-state index is 3.85. The molecule has 1 radical (unpaired) electrons. The van der Waals surface area contributed by atoms with Gasteiger partial charge in [-0.05, 0) is 60.5 Å². The summed E-state index contributed by atoms with van der Waals surface area (Å²) in [6, 6.07) is 35.4. The van der Waals surface area contributed by atoms with Gasteiger partial charge >= 0.3 is 0 Å². The van der Waals surface area contributed by atoms with E-state index in [0.29, 0.717) is 0 Å². The number of aromatic nitrogens is 22. The van der Waals surface area contributed by atoms with Crippen molar-refractivity contribution < 1.29 is 32.7 Å². The fourth-order valence-corrected chi connectivity index (χ4v) is 4.31. The van der Waals surface area contributed by atoms with E-state index in [1.165, 1.54) is 61.6 Å². The van der Waals surface area contributed by atoms with Gasteiger partial charge in [0.1, 0.15) is 44.3 Å². The van der Waals surface area contributed by atoms with Crippen LogP contribution in [0.3, 0.4) is 0 Å². The Labute approximate surface area is 674 Å². The van der Waals surface area contributed by atoms with E-state index in [1.54, 1.807) is 117 Å². The third-order valence-electron chi connectivity index (χ3n) is 7.54. The topological polar surface area (TPSA) is 314 Å². The number of benzene rings is 2. The van der Waals surface area contributed by atoms with Gasteiger partial charge in [0.05, 0.1) is 37.5 Å². The molecule has 11 heterocycles. The molecule has 14 rings (SSSR count). The van der Waals surface area contributed by atoms with Crippen molar-refractivity contribution in [2.45, 2.75) is 199 Å². The largest absolute Gasteiger partial charge is 0.289 e. The molecule has 11 aromatic rings. The summed E-state index contributed by atoms with van der Waals surface area (Å²) in [6.45, 7) is 52.9. The summed E-state index contributed by atoms with van der Waals surface area (Å²) >= 11 is 0. The minimum atomic E-state index is 0. The van der Waals surface area contributed by atoms with E-state index in [2.05, 4.69) is 170 Å². The predicted molar refractivity (Wildman–Crippen MR) is 451 cm³/mol. The molecule has 2 N–H and O–H groups in total. The van der Waals surface area contributed by atoms with Crippen molar-refractivity contribution in [2.24, 2.45) is 9.98 Å². The number of H-pyrrole nitrogens is 2. The molecule has 24 nitrogen and oxygen atoms in total. The van der Waals surface area contributed by atoms with Gasteiger partial charge in [-0.1, -0.05) is 223 Å². The molecule has 25 heteroatoms. The summed E-state index contributed by atoms with van der Waals surface area (Å²) in [5, 5.41) is 39.4. The monoisotopic (exact) mass is 1550 g/mol. The molecule has 0 fully saturated rings. The first-order valence-corrected chi connectivity index (χ1v) is 36.7. The third-order valence-corrected chi connectivity index (χ3v) is 7.54. The van der Waals surface area contributed by atoms with E-state index < -0.39 is 0 Å². The minimum absolute atomic E-state index is 0. The zero-order valence-electron chi connectivity index (χ0n) is 70.0. The summed E-state index contributed by atoms with van der Waals surface area (Å²) in [5.41, 5.74) is 2.43. The van der Waals surface area contributed by atoms with Crippen LogP contribution in [-0.2, 0) is 39.1 Å². The average Bonchev–Trinajstić information content (AvgIpc) is 1.63. The summed E-state index contributed by atoms with van der Waals surface area (Å²) in [7, 11) is 0. The molecule has 2 aliphatic heterocycles. The van der Waals surface area contributed by atoms with Crippen molar-refractivity contribution in [3.63, 3.8) is 0 Å². The number of hydrogen-bond donors (Lipinski definition) is 2. The van der Waals surface area contributed by atoms with E-state index >= 15 is 0 Å². The van der Waals surface area contributed by atoms with Gasteiger partial charge in [-0.2, -0.15) is 108 Å². The molecule has 0 unspecified atom stereocenters. The standard InChI is InChI=1S/C13H10.C5H5N.C5H6.3C4H4N2.2C4H5N.3C3H3N3.2C2H3N3.13C2H6.Y/c1-3-7-12(8-4-1)11-13-9-5-2-6-10-13;1-2-4-6-5-3-1;1-2-4-5-3-1;1-2-6-4-3-5-1;1-2-5-4-6-3-1;1-2-4-6-5-3-1;2*1-2-4-5-3-1;1-4-2-6-3-5-1;1-2-5-6-3-4-1;1-2-4-6-5-3-1;1-3-2-5-4-1;1-2-4-5-3-1;13*1-2;/h1-7,9H,11H2;1-5H;1-4H,5H2;3*1-4H;1,3-4H,2H2;1-3H,4H2;3*1-3H;2*1-2H,(H,3,4,5);13*1-2H3;/q-2;;;;;;;;;;;;;;;;;;;;;;;;;;. The van der Waals surface area contributed by atoms with Gasteiger partial charge in [-0.25, -0.2) is 34.9 Å². The second-order valence-electron chi connectivity index (χ2n) is 13.4. The van der Waals surface area contributed by atoms with Gasteiger partial charge in [-0.15, -0.1) is 15.3 Å². The zero-order valence-corrected chi connectivity index (χ0v) is 72.8. The number of rotatable bonds is 2. The Bertz CT molecular complexity index is 2300. The molecule has 2 aromatic carbocycles. The number of aliphatic imine (C=N–C) groups is 2. The first-order chi connectivity index (χ1) is 52.9. The number of allylic oxidation sites excluding steroid dienone is 6. The Hall–Kier alpha value is -10.5. The first kappa shape index (κ1) is 126. The van der Waals surface area contributed by atoms with E-state index in [4.69, 9.17) is 0 Å². The Balaban J connectivity index is -0.0000000798. The summed E-state index contributed by atoms with van der Waals surface area (Å²) in [6.07, 6.45) is 59.2. The van der Waals surface area contributed by atoms with Gasteiger partial charge in [0.25, 0.3) is 0 Å². The van der Waals surface area contributed by atoms with Crippen LogP contribution in [0.2, 0.25) is 0 Å². The third kappa shape index (κ3) is 143. The molecular formula is C82H136N24Y-2. The summed E-state index contributed by atoms with van der Waals surface area (Å²) in [4.78, 5) is 44.1. The number of nitrogens with zero attached hydrogens (tertiary/aromatic N) is 22. The molecule has 3 aliphatic rings. The van der Waals surface area contributed by atoms with Gasteiger partial charge in [0.15, 0.2) is 0 Å². The van der Waals surface area contributed by atoms with Crippen LogP contribution in [0.15, 0.2) is 293 Å². The Morgan fingerprint density at radius 1 is 0.318 bits per heavy atom. The normalized spacial score (nSPS) is 8.28. The molecule has 0 spiro atoms. The molecule has 589 valence electrons. The molecule has 0 bridgehead atoms. The molecule has 9 aromatic heterocycles. The minimum Gasteiger partial charge on any atom is -0.289 e.